The first-order valence-corrected chi connectivity index (χ1v) is 4.00. The van der Waals surface area contributed by atoms with Crippen LogP contribution >= 0.6 is 0 Å². The largest absolute Gasteiger partial charge is 0.330 e. The maximum absolute atomic E-state index is 5.35. The monoisotopic (exact) mass is 179 g/mol. The van der Waals surface area contributed by atoms with Crippen LogP contribution in [0.5, 0.6) is 0 Å². The normalized spacial score (nSPS) is 12.0. The molecular weight excluding hydrogens is 160 g/mol. The first-order chi connectivity index (χ1) is 5.74. The molecule has 0 aliphatic carbocycles. The van der Waals surface area contributed by atoms with E-state index >= 15 is 0 Å². The molecule has 0 atom stereocenters. The second kappa shape index (κ2) is 6.33. The van der Waals surface area contributed by atoms with E-state index in [1.807, 2.05) is 0 Å². The predicted molar refractivity (Wildman–Crippen MR) is 44.4 cm³/mol. The van der Waals surface area contributed by atoms with E-state index in [2.05, 4.69) is 0 Å². The molecule has 5 nitrogen and oxygen atoms in total. The van der Waals surface area contributed by atoms with E-state index in [4.69, 9.17) is 20.2 Å². The molecule has 12 heavy (non-hydrogen) atoms. The quantitative estimate of drug-likeness (QED) is 0.345. The number of rotatable bonds is 7. The number of hydrogen-bond acceptors (Lipinski definition) is 4. The van der Waals surface area contributed by atoms with Gasteiger partial charge in [-0.3, -0.25) is 0 Å². The molecule has 0 rings (SSSR count). The highest BCUT2D eigenvalue weighted by molar-refractivity contribution is 4.35. The first kappa shape index (κ1) is 11.8. The van der Waals surface area contributed by atoms with Gasteiger partial charge in [0.1, 0.15) is 21.3 Å². The summed E-state index contributed by atoms with van der Waals surface area (Å²) in [4.78, 5) is 14.9. The van der Waals surface area contributed by atoms with Crippen molar-refractivity contribution in [1.82, 2.24) is 0 Å². The average molecular weight is 179 g/mol. The third kappa shape index (κ3) is 3.46. The molecule has 0 aromatic heterocycles. The van der Waals surface area contributed by atoms with Crippen molar-refractivity contribution in [3.63, 3.8) is 0 Å². The summed E-state index contributed by atoms with van der Waals surface area (Å²) in [6, 6.07) is 0. The van der Waals surface area contributed by atoms with Crippen molar-refractivity contribution < 1.29 is 19.5 Å². The van der Waals surface area contributed by atoms with Crippen LogP contribution in [-0.2, 0) is 14.5 Å². The fourth-order valence-electron chi connectivity index (χ4n) is 0.947. The Morgan fingerprint density at radius 1 is 1.00 bits per heavy atom. The Labute approximate surface area is 73.4 Å². The van der Waals surface area contributed by atoms with E-state index in [1.54, 1.807) is 0 Å². The van der Waals surface area contributed by atoms with Crippen molar-refractivity contribution >= 4 is 0 Å². The Balaban J connectivity index is 3.76. The van der Waals surface area contributed by atoms with Gasteiger partial charge in [0.2, 0.25) is 0 Å². The third-order valence-electron chi connectivity index (χ3n) is 1.72. The summed E-state index contributed by atoms with van der Waals surface area (Å²) in [5.41, 5.74) is 5.35. The van der Waals surface area contributed by atoms with E-state index in [9.17, 15) is 0 Å². The molecule has 0 unspecified atom stereocenters. The highest BCUT2D eigenvalue weighted by atomic mass is 17.2. The smallest absolute Gasteiger partial charge is 0.178 e. The highest BCUT2D eigenvalue weighted by Gasteiger charge is 2.29. The molecule has 0 radical (unpaired) electrons. The molecule has 0 amide bonds. The number of hydroxylamine groups is 3. The van der Waals surface area contributed by atoms with Crippen LogP contribution in [0, 0.1) is 0 Å². The zero-order chi connectivity index (χ0) is 9.45. The lowest BCUT2D eigenvalue weighted by molar-refractivity contribution is -1.36. The van der Waals surface area contributed by atoms with Gasteiger partial charge in [0.05, 0.1) is 4.97 Å². The van der Waals surface area contributed by atoms with Crippen LogP contribution < -0.4 is 5.73 Å². The predicted octanol–water partition coefficient (Wildman–Crippen LogP) is 0.226. The number of quaternary nitrogens is 1. The average Bonchev–Trinajstić information content (AvgIpc) is 2.14. The molecule has 0 fully saturated rings. The van der Waals surface area contributed by atoms with Crippen LogP contribution in [0.1, 0.15) is 12.8 Å². The van der Waals surface area contributed by atoms with Crippen molar-refractivity contribution in [2.45, 2.75) is 12.8 Å². The zero-order valence-corrected chi connectivity index (χ0v) is 8.08. The third-order valence-corrected chi connectivity index (χ3v) is 1.72. The molecule has 0 saturated carbocycles. The molecule has 74 valence electrons. The van der Waals surface area contributed by atoms with Crippen molar-refractivity contribution in [3.05, 3.63) is 0 Å². The van der Waals surface area contributed by atoms with E-state index in [1.165, 1.54) is 21.3 Å². The van der Waals surface area contributed by atoms with Crippen LogP contribution in [0.25, 0.3) is 0 Å². The van der Waals surface area contributed by atoms with Crippen LogP contribution in [0.4, 0.5) is 0 Å². The van der Waals surface area contributed by atoms with E-state index in [0.717, 1.165) is 12.8 Å². The first-order valence-electron chi connectivity index (χ1n) is 4.00. The molecule has 0 aliphatic rings. The molecule has 0 saturated heterocycles. The molecule has 2 N–H and O–H groups in total. The van der Waals surface area contributed by atoms with Gasteiger partial charge in [0, 0.05) is 6.42 Å². The van der Waals surface area contributed by atoms with Crippen molar-refractivity contribution in [3.8, 4) is 0 Å². The van der Waals surface area contributed by atoms with Gasteiger partial charge < -0.3 is 5.73 Å². The van der Waals surface area contributed by atoms with E-state index in [0.29, 0.717) is 13.1 Å². The standard InChI is InChI=1S/C7H19N2O3/c1-10-9(11-2,12-3)7-5-4-6-8/h4-8H2,1-3H3/q+1. The Bertz CT molecular complexity index is 98.6. The number of hydrogen-bond donors (Lipinski definition) is 1. The minimum absolute atomic E-state index is 0.236. The lowest BCUT2D eigenvalue weighted by Crippen LogP contribution is -2.45. The number of nitrogens with zero attached hydrogens (tertiary/aromatic N) is 1. The topological polar surface area (TPSA) is 53.7 Å². The molecule has 0 heterocycles. The van der Waals surface area contributed by atoms with Gasteiger partial charge in [-0.15, -0.1) is 14.5 Å². The van der Waals surface area contributed by atoms with Crippen molar-refractivity contribution in [2.24, 2.45) is 5.73 Å². The summed E-state index contributed by atoms with van der Waals surface area (Å²) in [5.74, 6) is 0. The Hall–Kier alpha value is -0.200. The number of unbranched alkanes of at least 4 members (excludes halogenated alkanes) is 1. The molecule has 0 aliphatic heterocycles. The van der Waals surface area contributed by atoms with Gasteiger partial charge >= 0.3 is 0 Å². The fraction of sp³-hybridized carbons (Fsp3) is 1.00. The second-order valence-electron chi connectivity index (χ2n) is 2.38. The second-order valence-corrected chi connectivity index (χ2v) is 2.38. The SMILES string of the molecule is CO[N+](CCCCN)(OC)OC. The van der Waals surface area contributed by atoms with Crippen LogP contribution in [0.3, 0.4) is 0 Å². The van der Waals surface area contributed by atoms with E-state index in [-0.39, 0.29) is 4.97 Å². The summed E-state index contributed by atoms with van der Waals surface area (Å²) >= 11 is 0. The van der Waals surface area contributed by atoms with Crippen LogP contribution in [0.15, 0.2) is 0 Å². The minimum Gasteiger partial charge on any atom is -0.330 e. The minimum atomic E-state index is -0.236. The van der Waals surface area contributed by atoms with Gasteiger partial charge in [0.25, 0.3) is 0 Å². The summed E-state index contributed by atoms with van der Waals surface area (Å²) in [7, 11) is 4.61. The summed E-state index contributed by atoms with van der Waals surface area (Å²) in [6.07, 6.45) is 1.85. The van der Waals surface area contributed by atoms with Gasteiger partial charge in [-0.05, 0) is 13.0 Å². The Morgan fingerprint density at radius 2 is 1.50 bits per heavy atom. The van der Waals surface area contributed by atoms with E-state index < -0.39 is 0 Å². The van der Waals surface area contributed by atoms with Gasteiger partial charge in [0.15, 0.2) is 6.54 Å². The molecule has 0 bridgehead atoms. The summed E-state index contributed by atoms with van der Waals surface area (Å²) in [5, 5.41) is 0. The molecule has 0 aromatic rings. The van der Waals surface area contributed by atoms with Crippen LogP contribution in [0.2, 0.25) is 0 Å². The Kier molecular flexibility index (Phi) is 6.23. The molecule has 0 aromatic carbocycles. The number of nitrogens with two attached hydrogens (primary N) is 1. The van der Waals surface area contributed by atoms with Gasteiger partial charge in [-0.25, -0.2) is 0 Å². The zero-order valence-electron chi connectivity index (χ0n) is 8.08. The lowest BCUT2D eigenvalue weighted by atomic mass is 10.3. The lowest BCUT2D eigenvalue weighted by Gasteiger charge is -2.24. The summed E-state index contributed by atoms with van der Waals surface area (Å²) < 4.78 is 0. The van der Waals surface area contributed by atoms with Crippen molar-refractivity contribution in [2.75, 3.05) is 34.4 Å². The maximum Gasteiger partial charge on any atom is 0.178 e. The molecule has 5 heteroatoms. The van der Waals surface area contributed by atoms with Gasteiger partial charge in [-0.1, -0.05) is 0 Å². The molecular formula is C7H19N2O3+. The van der Waals surface area contributed by atoms with Gasteiger partial charge in [-0.2, -0.15) is 0 Å². The Morgan fingerprint density at radius 3 is 1.83 bits per heavy atom. The van der Waals surface area contributed by atoms with Crippen molar-refractivity contribution in [1.29, 1.82) is 0 Å². The van der Waals surface area contributed by atoms with Crippen LogP contribution in [-0.4, -0.2) is 39.4 Å². The molecule has 0 spiro atoms. The summed E-state index contributed by atoms with van der Waals surface area (Å²) in [6.45, 7) is 1.32. The maximum atomic E-state index is 5.35. The highest BCUT2D eigenvalue weighted by Crippen LogP contribution is 2.09. The fourth-order valence-corrected chi connectivity index (χ4v) is 0.947.